The summed E-state index contributed by atoms with van der Waals surface area (Å²) in [7, 11) is 0. The molecule has 0 aromatic rings. The number of allylic oxidation sites excluding steroid dienone is 7. The Bertz CT molecular complexity index is 346. The molecule has 16 heavy (non-hydrogen) atoms. The minimum atomic E-state index is 0.125. The minimum absolute atomic E-state index is 0.125. The van der Waals surface area contributed by atoms with Crippen LogP contribution in [0, 0.1) is 5.41 Å². The molecule has 0 rings (SSSR count). The Morgan fingerprint density at radius 1 is 1.12 bits per heavy atom. The molecule has 90 valence electrons. The van der Waals surface area contributed by atoms with Crippen molar-refractivity contribution < 1.29 is 0 Å². The molecule has 0 aromatic heterocycles. The van der Waals surface area contributed by atoms with Crippen LogP contribution in [-0.4, -0.2) is 0 Å². The Kier molecular flexibility index (Phi) is 5.81. The van der Waals surface area contributed by atoms with Gasteiger partial charge in [-0.3, -0.25) is 0 Å². The van der Waals surface area contributed by atoms with Crippen LogP contribution < -0.4 is 0 Å². The van der Waals surface area contributed by atoms with E-state index in [-0.39, 0.29) is 5.41 Å². The number of halogens is 1. The van der Waals surface area contributed by atoms with Gasteiger partial charge in [0.05, 0.1) is 0 Å². The van der Waals surface area contributed by atoms with Crippen LogP contribution in [-0.2, 0) is 0 Å². The molecular weight excluding hydrogens is 216 g/mol. The predicted molar refractivity (Wildman–Crippen MR) is 75.7 cm³/mol. The highest BCUT2D eigenvalue weighted by Crippen LogP contribution is 2.31. The standard InChI is InChI=1S/C15H23Cl/c1-8-12(15(5,6)7)10-13(11(3)4)14(16)9-2/h8-10H,3H2,1-2,4-7H3/b12-8+,13-10+,14-9+. The van der Waals surface area contributed by atoms with Crippen LogP contribution in [0.2, 0.25) is 0 Å². The molecule has 0 atom stereocenters. The topological polar surface area (TPSA) is 0 Å². The molecule has 1 heteroatoms. The smallest absolute Gasteiger partial charge is 0.0438 e. The highest BCUT2D eigenvalue weighted by molar-refractivity contribution is 6.32. The lowest BCUT2D eigenvalue weighted by Gasteiger charge is -2.21. The third-order valence-electron chi connectivity index (χ3n) is 2.45. The van der Waals surface area contributed by atoms with E-state index in [9.17, 15) is 0 Å². The molecule has 0 N–H and O–H groups in total. The van der Waals surface area contributed by atoms with Crippen LogP contribution in [0.4, 0.5) is 0 Å². The van der Waals surface area contributed by atoms with Crippen LogP contribution in [0.1, 0.15) is 41.5 Å². The summed E-state index contributed by atoms with van der Waals surface area (Å²) in [5.41, 5.74) is 3.41. The van der Waals surface area contributed by atoms with E-state index in [1.807, 2.05) is 19.9 Å². The van der Waals surface area contributed by atoms with Gasteiger partial charge in [-0.25, -0.2) is 0 Å². The van der Waals surface area contributed by atoms with Crippen LogP contribution >= 0.6 is 11.6 Å². The molecule has 0 saturated heterocycles. The van der Waals surface area contributed by atoms with Crippen LogP contribution in [0.15, 0.2) is 46.6 Å². The highest BCUT2D eigenvalue weighted by Gasteiger charge is 2.15. The van der Waals surface area contributed by atoms with Crippen LogP contribution in [0.5, 0.6) is 0 Å². The van der Waals surface area contributed by atoms with Crippen molar-refractivity contribution in [3.05, 3.63) is 46.6 Å². The van der Waals surface area contributed by atoms with E-state index in [1.54, 1.807) is 0 Å². The van der Waals surface area contributed by atoms with Gasteiger partial charge >= 0.3 is 0 Å². The van der Waals surface area contributed by atoms with Gasteiger partial charge in [-0.1, -0.05) is 51.1 Å². The molecule has 0 aliphatic rings. The Morgan fingerprint density at radius 3 is 1.88 bits per heavy atom. The summed E-state index contributed by atoms with van der Waals surface area (Å²) in [5.74, 6) is 0. The normalized spacial score (nSPS) is 15.3. The van der Waals surface area contributed by atoms with Crippen molar-refractivity contribution in [1.82, 2.24) is 0 Å². The van der Waals surface area contributed by atoms with Crippen molar-refractivity contribution in [2.45, 2.75) is 41.5 Å². The second-order valence-corrected chi connectivity index (χ2v) is 5.38. The summed E-state index contributed by atoms with van der Waals surface area (Å²) in [4.78, 5) is 0. The fourth-order valence-electron chi connectivity index (χ4n) is 1.44. The maximum atomic E-state index is 6.18. The molecular formula is C15H23Cl. The molecule has 0 aliphatic carbocycles. The van der Waals surface area contributed by atoms with Crippen molar-refractivity contribution in [2.24, 2.45) is 5.41 Å². The van der Waals surface area contributed by atoms with E-state index in [0.717, 1.165) is 16.2 Å². The van der Waals surface area contributed by atoms with Crippen LogP contribution in [0.25, 0.3) is 0 Å². The molecule has 0 aromatic carbocycles. The lowest BCUT2D eigenvalue weighted by atomic mass is 9.84. The van der Waals surface area contributed by atoms with Gasteiger partial charge in [0.1, 0.15) is 0 Å². The summed E-state index contributed by atoms with van der Waals surface area (Å²) in [5, 5.41) is 0.760. The fraction of sp³-hybridized carbons (Fsp3) is 0.467. The first kappa shape index (κ1) is 15.2. The Labute approximate surface area is 105 Å². The molecule has 0 heterocycles. The Hall–Kier alpha value is -0.750. The summed E-state index contributed by atoms with van der Waals surface area (Å²) in [6.45, 7) is 16.5. The second kappa shape index (κ2) is 6.10. The van der Waals surface area contributed by atoms with E-state index < -0.39 is 0 Å². The van der Waals surface area contributed by atoms with Gasteiger partial charge in [0, 0.05) is 5.03 Å². The number of rotatable bonds is 3. The SMILES string of the molecule is C=C(C)C(=C\C(=C/C)C(C)(C)C)/C(Cl)=C\C. The minimum Gasteiger partial charge on any atom is -0.0955 e. The van der Waals surface area contributed by atoms with Gasteiger partial charge < -0.3 is 0 Å². The maximum absolute atomic E-state index is 6.18. The zero-order chi connectivity index (χ0) is 12.9. The van der Waals surface area contributed by atoms with Gasteiger partial charge in [-0.15, -0.1) is 0 Å². The maximum Gasteiger partial charge on any atom is 0.0438 e. The molecule has 0 nitrogen and oxygen atoms in total. The molecule has 0 spiro atoms. The average Bonchev–Trinajstić information content (AvgIpc) is 2.15. The zero-order valence-electron chi connectivity index (χ0n) is 11.3. The zero-order valence-corrected chi connectivity index (χ0v) is 12.1. The Balaban J connectivity index is 5.47. The average molecular weight is 239 g/mol. The predicted octanol–water partition coefficient (Wildman–Crippen LogP) is 5.62. The van der Waals surface area contributed by atoms with Crippen molar-refractivity contribution >= 4 is 11.6 Å². The quantitative estimate of drug-likeness (QED) is 0.560. The van der Waals surface area contributed by atoms with E-state index in [0.29, 0.717) is 0 Å². The monoisotopic (exact) mass is 238 g/mol. The molecule has 0 amide bonds. The van der Waals surface area contributed by atoms with Crippen molar-refractivity contribution in [1.29, 1.82) is 0 Å². The first-order chi connectivity index (χ1) is 7.23. The van der Waals surface area contributed by atoms with Crippen molar-refractivity contribution in [3.8, 4) is 0 Å². The van der Waals surface area contributed by atoms with Crippen LogP contribution in [0.3, 0.4) is 0 Å². The summed E-state index contributed by atoms with van der Waals surface area (Å²) >= 11 is 6.18. The molecule has 0 radical (unpaired) electrons. The first-order valence-corrected chi connectivity index (χ1v) is 5.98. The summed E-state index contributed by atoms with van der Waals surface area (Å²) in [6.07, 6.45) is 6.16. The molecule has 0 saturated carbocycles. The summed E-state index contributed by atoms with van der Waals surface area (Å²) < 4.78 is 0. The largest absolute Gasteiger partial charge is 0.0955 e. The third-order valence-corrected chi connectivity index (χ3v) is 2.87. The molecule has 0 bridgehead atoms. The second-order valence-electron chi connectivity index (χ2n) is 4.97. The molecule has 0 unspecified atom stereocenters. The van der Waals surface area contributed by atoms with Gasteiger partial charge in [-0.05, 0) is 49.0 Å². The highest BCUT2D eigenvalue weighted by atomic mass is 35.5. The molecule has 0 aliphatic heterocycles. The van der Waals surface area contributed by atoms with Crippen molar-refractivity contribution in [2.75, 3.05) is 0 Å². The number of hydrogen-bond donors (Lipinski definition) is 0. The number of hydrogen-bond acceptors (Lipinski definition) is 0. The van der Waals surface area contributed by atoms with Gasteiger partial charge in [0.25, 0.3) is 0 Å². The van der Waals surface area contributed by atoms with E-state index >= 15 is 0 Å². The van der Waals surface area contributed by atoms with E-state index in [1.165, 1.54) is 5.57 Å². The third kappa shape index (κ3) is 4.40. The lowest BCUT2D eigenvalue weighted by molar-refractivity contribution is 0.516. The van der Waals surface area contributed by atoms with E-state index in [4.69, 9.17) is 11.6 Å². The van der Waals surface area contributed by atoms with E-state index in [2.05, 4.69) is 46.4 Å². The first-order valence-electron chi connectivity index (χ1n) is 5.60. The van der Waals surface area contributed by atoms with Gasteiger partial charge in [-0.2, -0.15) is 0 Å². The lowest BCUT2D eigenvalue weighted by Crippen LogP contribution is -2.08. The summed E-state index contributed by atoms with van der Waals surface area (Å²) in [6, 6.07) is 0. The van der Waals surface area contributed by atoms with Crippen molar-refractivity contribution in [3.63, 3.8) is 0 Å². The molecule has 0 fully saturated rings. The Morgan fingerprint density at radius 2 is 1.62 bits per heavy atom. The van der Waals surface area contributed by atoms with Gasteiger partial charge in [0.15, 0.2) is 0 Å². The van der Waals surface area contributed by atoms with Gasteiger partial charge in [0.2, 0.25) is 0 Å². The fourth-order valence-corrected chi connectivity index (χ4v) is 1.66.